The molecule has 268 valence electrons. The minimum Gasteiger partial charge on any atom is -0.310 e. The van der Waals surface area contributed by atoms with Crippen LogP contribution in [0, 0.1) is 0 Å². The third kappa shape index (κ3) is 6.66. The van der Waals surface area contributed by atoms with Crippen molar-refractivity contribution in [2.45, 2.75) is 0 Å². The van der Waals surface area contributed by atoms with E-state index < -0.39 is 0 Å². The Labute approximate surface area is 334 Å². The molecule has 0 N–H and O–H groups in total. The van der Waals surface area contributed by atoms with Crippen molar-refractivity contribution in [3.63, 3.8) is 0 Å². The highest BCUT2D eigenvalue weighted by molar-refractivity contribution is 6.14. The molecule has 0 aliphatic carbocycles. The maximum atomic E-state index is 2.43. The van der Waals surface area contributed by atoms with Crippen molar-refractivity contribution in [2.24, 2.45) is 0 Å². The topological polar surface area (TPSA) is 3.24 Å². The molecule has 0 amide bonds. The summed E-state index contributed by atoms with van der Waals surface area (Å²) in [6, 6.07) is 85.8. The van der Waals surface area contributed by atoms with Crippen LogP contribution >= 0.6 is 0 Å². The first-order valence-electron chi connectivity index (χ1n) is 19.6. The summed E-state index contributed by atoms with van der Waals surface area (Å²) < 4.78 is 0. The summed E-state index contributed by atoms with van der Waals surface area (Å²) in [5.41, 5.74) is 15.1. The molecule has 1 heteroatoms. The molecule has 0 heterocycles. The quantitative estimate of drug-likeness (QED) is 0.141. The van der Waals surface area contributed by atoms with Crippen molar-refractivity contribution in [3.05, 3.63) is 237 Å². The van der Waals surface area contributed by atoms with E-state index in [0.717, 1.165) is 28.2 Å². The summed E-state index contributed by atoms with van der Waals surface area (Å²) in [6.45, 7) is 0. The van der Waals surface area contributed by atoms with Crippen LogP contribution in [0.25, 0.3) is 77.2 Å². The van der Waals surface area contributed by atoms with Crippen LogP contribution in [-0.2, 0) is 0 Å². The van der Waals surface area contributed by atoms with Crippen molar-refractivity contribution in [3.8, 4) is 55.6 Å². The van der Waals surface area contributed by atoms with Crippen LogP contribution in [0.15, 0.2) is 237 Å². The molecule has 0 aliphatic rings. The Morgan fingerprint density at radius 1 is 0.228 bits per heavy atom. The summed E-state index contributed by atoms with van der Waals surface area (Å²) in [5, 5.41) is 5.02. The van der Waals surface area contributed by atoms with Gasteiger partial charge in [-0.15, -0.1) is 0 Å². The van der Waals surface area contributed by atoms with E-state index in [1.165, 1.54) is 66.1 Å². The molecular weight excluding hydrogens is 687 g/mol. The molecule has 0 spiro atoms. The lowest BCUT2D eigenvalue weighted by Crippen LogP contribution is -2.11. The normalized spacial score (nSPS) is 11.2. The van der Waals surface area contributed by atoms with Crippen molar-refractivity contribution in [1.82, 2.24) is 0 Å². The van der Waals surface area contributed by atoms with Crippen LogP contribution in [0.1, 0.15) is 0 Å². The molecule has 0 aliphatic heterocycles. The Bertz CT molecular complexity index is 2900. The maximum absolute atomic E-state index is 2.43. The second-order valence-electron chi connectivity index (χ2n) is 14.5. The van der Waals surface area contributed by atoms with Crippen molar-refractivity contribution in [1.29, 1.82) is 0 Å². The van der Waals surface area contributed by atoms with Gasteiger partial charge in [0.15, 0.2) is 0 Å². The van der Waals surface area contributed by atoms with Crippen molar-refractivity contribution < 1.29 is 0 Å². The zero-order valence-corrected chi connectivity index (χ0v) is 31.5. The van der Waals surface area contributed by atoms with Gasteiger partial charge < -0.3 is 4.90 Å². The van der Waals surface area contributed by atoms with Crippen LogP contribution in [0.4, 0.5) is 17.1 Å². The summed E-state index contributed by atoms with van der Waals surface area (Å²) in [7, 11) is 0. The van der Waals surface area contributed by atoms with Crippen LogP contribution < -0.4 is 4.90 Å². The average Bonchev–Trinajstić information content (AvgIpc) is 3.30. The van der Waals surface area contributed by atoms with Gasteiger partial charge >= 0.3 is 0 Å². The first kappa shape index (κ1) is 34.0. The fourth-order valence-corrected chi connectivity index (χ4v) is 8.23. The Kier molecular flexibility index (Phi) is 8.95. The van der Waals surface area contributed by atoms with Gasteiger partial charge in [-0.3, -0.25) is 0 Å². The predicted octanol–water partition coefficient (Wildman–Crippen LogP) is 15.8. The van der Waals surface area contributed by atoms with Gasteiger partial charge in [0.2, 0.25) is 0 Å². The Morgan fingerprint density at radius 3 is 1.26 bits per heavy atom. The SMILES string of the molecule is c1ccc(-c2ccc(-c3cc(-c4cc5ccccc5c5ccccc45)ccc3N(c3cccc(-c4ccccc4)c3)c3cccc(-c4ccccc4)c3)cc2)cc1. The van der Waals surface area contributed by atoms with E-state index in [1.54, 1.807) is 0 Å². The average molecular weight is 726 g/mol. The third-order valence-corrected chi connectivity index (χ3v) is 11.0. The maximum Gasteiger partial charge on any atom is 0.0540 e. The van der Waals surface area contributed by atoms with Crippen LogP contribution in [0.5, 0.6) is 0 Å². The van der Waals surface area contributed by atoms with Gasteiger partial charge in [0.1, 0.15) is 0 Å². The number of benzene rings is 10. The Hall–Kier alpha value is -7.48. The molecule has 1 nitrogen and oxygen atoms in total. The van der Waals surface area contributed by atoms with E-state index in [9.17, 15) is 0 Å². The highest BCUT2D eigenvalue weighted by atomic mass is 15.1. The number of nitrogens with zero attached hydrogens (tertiary/aromatic N) is 1. The largest absolute Gasteiger partial charge is 0.310 e. The lowest BCUT2D eigenvalue weighted by molar-refractivity contribution is 1.28. The molecule has 0 bridgehead atoms. The van der Waals surface area contributed by atoms with E-state index in [0.29, 0.717) is 0 Å². The monoisotopic (exact) mass is 725 g/mol. The molecule has 0 saturated heterocycles. The molecule has 57 heavy (non-hydrogen) atoms. The Morgan fingerprint density at radius 2 is 0.667 bits per heavy atom. The lowest BCUT2D eigenvalue weighted by atomic mass is 9.90. The first-order chi connectivity index (χ1) is 28.3. The molecule has 0 unspecified atom stereocenters. The highest BCUT2D eigenvalue weighted by Gasteiger charge is 2.20. The highest BCUT2D eigenvalue weighted by Crippen LogP contribution is 2.46. The van der Waals surface area contributed by atoms with Gasteiger partial charge in [0.05, 0.1) is 5.69 Å². The molecule has 10 aromatic carbocycles. The molecule has 10 aromatic rings. The molecule has 0 atom stereocenters. The van der Waals surface area contributed by atoms with Gasteiger partial charge in [-0.05, 0) is 114 Å². The predicted molar refractivity (Wildman–Crippen MR) is 243 cm³/mol. The number of fused-ring (bicyclic) bond motifs is 3. The zero-order valence-electron chi connectivity index (χ0n) is 31.5. The Balaban J connectivity index is 1.22. The van der Waals surface area contributed by atoms with Crippen LogP contribution in [-0.4, -0.2) is 0 Å². The lowest BCUT2D eigenvalue weighted by Gasteiger charge is -2.29. The van der Waals surface area contributed by atoms with Gasteiger partial charge in [0, 0.05) is 16.9 Å². The minimum absolute atomic E-state index is 1.09. The van der Waals surface area contributed by atoms with E-state index in [4.69, 9.17) is 0 Å². The third-order valence-electron chi connectivity index (χ3n) is 11.0. The first-order valence-corrected chi connectivity index (χ1v) is 19.6. The molecule has 10 rings (SSSR count). The van der Waals surface area contributed by atoms with Gasteiger partial charge in [-0.2, -0.15) is 0 Å². The van der Waals surface area contributed by atoms with E-state index >= 15 is 0 Å². The summed E-state index contributed by atoms with van der Waals surface area (Å²) in [4.78, 5) is 2.43. The molecule has 0 fully saturated rings. The number of hydrogen-bond acceptors (Lipinski definition) is 1. The fourth-order valence-electron chi connectivity index (χ4n) is 8.23. The summed E-state index contributed by atoms with van der Waals surface area (Å²) in [6.07, 6.45) is 0. The summed E-state index contributed by atoms with van der Waals surface area (Å²) in [5.74, 6) is 0. The second kappa shape index (κ2) is 15.0. The molecule has 0 saturated carbocycles. The van der Waals surface area contributed by atoms with Crippen molar-refractivity contribution >= 4 is 38.6 Å². The standard InChI is InChI=1S/C56H39N/c1-4-16-40(17-5-1)43-30-32-44(33-31-43)55-39-48(54-38-47-22-10-11-27-51(47)52-28-12-13-29-53(52)54)34-35-56(55)57(49-25-14-23-45(36-49)41-18-6-2-7-19-41)50-26-15-24-46(37-50)42-20-8-3-9-21-42/h1-39H. The second-order valence-corrected chi connectivity index (χ2v) is 14.5. The van der Waals surface area contributed by atoms with Crippen LogP contribution in [0.3, 0.4) is 0 Å². The van der Waals surface area contributed by atoms with E-state index in [2.05, 4.69) is 241 Å². The molecular formula is C56H39N. The summed E-state index contributed by atoms with van der Waals surface area (Å²) >= 11 is 0. The van der Waals surface area contributed by atoms with Crippen molar-refractivity contribution in [2.75, 3.05) is 4.90 Å². The zero-order chi connectivity index (χ0) is 38.0. The van der Waals surface area contributed by atoms with E-state index in [1.807, 2.05) is 0 Å². The van der Waals surface area contributed by atoms with Crippen LogP contribution in [0.2, 0.25) is 0 Å². The molecule has 0 radical (unpaired) electrons. The number of anilines is 3. The smallest absolute Gasteiger partial charge is 0.0540 e. The number of hydrogen-bond donors (Lipinski definition) is 0. The van der Waals surface area contributed by atoms with Gasteiger partial charge in [0.25, 0.3) is 0 Å². The van der Waals surface area contributed by atoms with Gasteiger partial charge in [-0.1, -0.05) is 194 Å². The fraction of sp³-hybridized carbons (Fsp3) is 0. The molecule has 0 aromatic heterocycles. The van der Waals surface area contributed by atoms with E-state index in [-0.39, 0.29) is 0 Å². The number of rotatable bonds is 8. The van der Waals surface area contributed by atoms with Gasteiger partial charge in [-0.25, -0.2) is 0 Å². The minimum atomic E-state index is 1.09.